The average molecular weight is 333 g/mol. The first-order chi connectivity index (χ1) is 12.1. The molecule has 0 unspecified atom stereocenters. The smallest absolute Gasteiger partial charge is 0.119 e. The number of nitrogens with zero attached hydrogens (tertiary/aromatic N) is 2. The van der Waals surface area contributed by atoms with Crippen LogP contribution in [0.25, 0.3) is 11.3 Å². The maximum Gasteiger partial charge on any atom is 0.119 e. The summed E-state index contributed by atoms with van der Waals surface area (Å²) in [6, 6.07) is 20.4. The molecule has 1 N–H and O–H groups in total. The number of anilines is 2. The highest BCUT2D eigenvalue weighted by atomic mass is 16.5. The third-order valence-electron chi connectivity index (χ3n) is 3.87. The SMILES string of the molecule is COc1cccc(-c2ccc(Nc3ccc(CN(C)C)cc3)cn2)c1. The van der Waals surface area contributed by atoms with Gasteiger partial charge in [0.15, 0.2) is 0 Å². The molecule has 0 saturated carbocycles. The summed E-state index contributed by atoms with van der Waals surface area (Å²) in [4.78, 5) is 6.71. The van der Waals surface area contributed by atoms with Crippen LogP contribution in [0.4, 0.5) is 11.4 Å². The van der Waals surface area contributed by atoms with Gasteiger partial charge in [-0.15, -0.1) is 0 Å². The van der Waals surface area contributed by atoms with Crippen molar-refractivity contribution in [3.63, 3.8) is 0 Å². The lowest BCUT2D eigenvalue weighted by molar-refractivity contribution is 0.402. The van der Waals surface area contributed by atoms with E-state index in [1.165, 1.54) is 5.56 Å². The number of aromatic nitrogens is 1. The Balaban J connectivity index is 1.70. The number of nitrogens with one attached hydrogen (secondary N) is 1. The largest absolute Gasteiger partial charge is 0.497 e. The van der Waals surface area contributed by atoms with Crippen molar-refractivity contribution < 1.29 is 4.74 Å². The highest BCUT2D eigenvalue weighted by Crippen LogP contribution is 2.24. The van der Waals surface area contributed by atoms with Gasteiger partial charge in [0.05, 0.1) is 24.7 Å². The van der Waals surface area contributed by atoms with Crippen LogP contribution in [0.2, 0.25) is 0 Å². The summed E-state index contributed by atoms with van der Waals surface area (Å²) in [5.41, 5.74) is 5.28. The molecule has 0 saturated heterocycles. The van der Waals surface area contributed by atoms with Gasteiger partial charge >= 0.3 is 0 Å². The van der Waals surface area contributed by atoms with Gasteiger partial charge in [-0.25, -0.2) is 0 Å². The van der Waals surface area contributed by atoms with Crippen LogP contribution >= 0.6 is 0 Å². The molecule has 0 aliphatic carbocycles. The van der Waals surface area contributed by atoms with E-state index >= 15 is 0 Å². The Morgan fingerprint density at radius 3 is 2.36 bits per heavy atom. The van der Waals surface area contributed by atoms with Crippen molar-refractivity contribution in [3.8, 4) is 17.0 Å². The van der Waals surface area contributed by atoms with Crippen molar-refractivity contribution in [1.82, 2.24) is 9.88 Å². The van der Waals surface area contributed by atoms with Crippen LogP contribution in [0.3, 0.4) is 0 Å². The molecule has 0 radical (unpaired) electrons. The third-order valence-corrected chi connectivity index (χ3v) is 3.87. The minimum atomic E-state index is 0.833. The van der Waals surface area contributed by atoms with Crippen LogP contribution < -0.4 is 10.1 Å². The second-order valence-corrected chi connectivity index (χ2v) is 6.22. The standard InChI is InChI=1S/C21H23N3O/c1-24(2)15-16-7-9-18(10-8-16)23-19-11-12-21(22-14-19)17-5-4-6-20(13-17)25-3/h4-14,23H,15H2,1-3H3. The van der Waals surface area contributed by atoms with Gasteiger partial charge in [-0.3, -0.25) is 4.98 Å². The Kier molecular flexibility index (Phi) is 5.31. The minimum absolute atomic E-state index is 0.833. The van der Waals surface area contributed by atoms with E-state index in [2.05, 4.69) is 53.6 Å². The summed E-state index contributed by atoms with van der Waals surface area (Å²) in [7, 11) is 5.81. The highest BCUT2D eigenvalue weighted by molar-refractivity contribution is 5.65. The Bertz CT molecular complexity index is 811. The van der Waals surface area contributed by atoms with Gasteiger partial charge in [0.1, 0.15) is 5.75 Å². The van der Waals surface area contributed by atoms with Crippen molar-refractivity contribution in [3.05, 3.63) is 72.4 Å². The molecule has 3 rings (SSSR count). The number of methoxy groups -OCH3 is 1. The molecule has 4 nitrogen and oxygen atoms in total. The van der Waals surface area contributed by atoms with E-state index < -0.39 is 0 Å². The summed E-state index contributed by atoms with van der Waals surface area (Å²) in [5, 5.41) is 3.38. The van der Waals surface area contributed by atoms with Crippen LogP contribution in [-0.4, -0.2) is 31.1 Å². The van der Waals surface area contributed by atoms with E-state index in [1.807, 2.05) is 42.6 Å². The zero-order valence-electron chi connectivity index (χ0n) is 14.9. The summed E-state index contributed by atoms with van der Waals surface area (Å²) >= 11 is 0. The first-order valence-corrected chi connectivity index (χ1v) is 8.25. The number of benzene rings is 2. The van der Waals surface area contributed by atoms with Crippen molar-refractivity contribution >= 4 is 11.4 Å². The van der Waals surface area contributed by atoms with Gasteiger partial charge in [-0.2, -0.15) is 0 Å². The molecule has 25 heavy (non-hydrogen) atoms. The molecule has 0 fully saturated rings. The maximum atomic E-state index is 5.27. The van der Waals surface area contributed by atoms with Crippen molar-refractivity contribution in [1.29, 1.82) is 0 Å². The normalized spacial score (nSPS) is 10.7. The van der Waals surface area contributed by atoms with Gasteiger partial charge in [0.25, 0.3) is 0 Å². The summed E-state index contributed by atoms with van der Waals surface area (Å²) in [6.45, 7) is 0.942. The molecule has 0 amide bonds. The van der Waals surface area contributed by atoms with E-state index in [4.69, 9.17) is 4.74 Å². The van der Waals surface area contributed by atoms with Gasteiger partial charge in [-0.1, -0.05) is 24.3 Å². The van der Waals surface area contributed by atoms with Crippen LogP contribution in [0, 0.1) is 0 Å². The van der Waals surface area contributed by atoms with Crippen LogP contribution in [0.5, 0.6) is 5.75 Å². The van der Waals surface area contributed by atoms with Gasteiger partial charge < -0.3 is 15.0 Å². The lowest BCUT2D eigenvalue weighted by Crippen LogP contribution is -2.10. The molecule has 0 aliphatic heterocycles. The monoisotopic (exact) mass is 333 g/mol. The fourth-order valence-electron chi connectivity index (χ4n) is 2.65. The zero-order valence-corrected chi connectivity index (χ0v) is 14.9. The highest BCUT2D eigenvalue weighted by Gasteiger charge is 2.02. The molecular weight excluding hydrogens is 310 g/mol. The Morgan fingerprint density at radius 2 is 1.72 bits per heavy atom. The van der Waals surface area contributed by atoms with Gasteiger partial charge in [0, 0.05) is 17.8 Å². The lowest BCUT2D eigenvalue weighted by Gasteiger charge is -2.11. The van der Waals surface area contributed by atoms with E-state index in [0.717, 1.165) is 34.9 Å². The molecule has 128 valence electrons. The number of pyridine rings is 1. The molecule has 4 heteroatoms. The number of rotatable bonds is 6. The molecule has 0 aliphatic rings. The molecule has 0 bridgehead atoms. The molecular formula is C21H23N3O. The van der Waals surface area contributed by atoms with Crippen LogP contribution in [0.15, 0.2) is 66.9 Å². The van der Waals surface area contributed by atoms with Crippen molar-refractivity contribution in [2.45, 2.75) is 6.54 Å². The lowest BCUT2D eigenvalue weighted by atomic mass is 10.1. The molecule has 3 aromatic rings. The predicted octanol–water partition coefficient (Wildman–Crippen LogP) is 4.56. The molecule has 0 spiro atoms. The van der Waals surface area contributed by atoms with Crippen molar-refractivity contribution in [2.24, 2.45) is 0 Å². The predicted molar refractivity (Wildman–Crippen MR) is 103 cm³/mol. The topological polar surface area (TPSA) is 37.4 Å². The maximum absolute atomic E-state index is 5.27. The van der Waals surface area contributed by atoms with Gasteiger partial charge in [-0.05, 0) is 56.1 Å². The molecule has 1 aromatic heterocycles. The fraction of sp³-hybridized carbons (Fsp3) is 0.190. The second-order valence-electron chi connectivity index (χ2n) is 6.22. The third kappa shape index (κ3) is 4.58. The quantitative estimate of drug-likeness (QED) is 0.717. The second kappa shape index (κ2) is 7.81. The average Bonchev–Trinajstić information content (AvgIpc) is 2.63. The number of ether oxygens (including phenoxy) is 1. The summed E-state index contributed by atoms with van der Waals surface area (Å²) in [6.07, 6.45) is 1.85. The van der Waals surface area contributed by atoms with E-state index in [9.17, 15) is 0 Å². The van der Waals surface area contributed by atoms with E-state index in [-0.39, 0.29) is 0 Å². The number of hydrogen-bond donors (Lipinski definition) is 1. The van der Waals surface area contributed by atoms with Crippen LogP contribution in [0.1, 0.15) is 5.56 Å². The first kappa shape index (κ1) is 17.0. The summed E-state index contributed by atoms with van der Waals surface area (Å²) < 4.78 is 5.27. The Morgan fingerprint density at radius 1 is 0.960 bits per heavy atom. The molecule has 1 heterocycles. The molecule has 0 atom stereocenters. The number of hydrogen-bond acceptors (Lipinski definition) is 4. The minimum Gasteiger partial charge on any atom is -0.497 e. The van der Waals surface area contributed by atoms with Crippen molar-refractivity contribution in [2.75, 3.05) is 26.5 Å². The van der Waals surface area contributed by atoms with E-state index in [0.29, 0.717) is 0 Å². The Labute approximate surface area is 149 Å². The first-order valence-electron chi connectivity index (χ1n) is 8.25. The van der Waals surface area contributed by atoms with E-state index in [1.54, 1.807) is 7.11 Å². The molecule has 2 aromatic carbocycles. The Hall–Kier alpha value is -2.85. The zero-order chi connectivity index (χ0) is 17.6. The summed E-state index contributed by atoms with van der Waals surface area (Å²) in [5.74, 6) is 0.833. The fourth-order valence-corrected chi connectivity index (χ4v) is 2.65. The van der Waals surface area contributed by atoms with Gasteiger partial charge in [0.2, 0.25) is 0 Å². The van der Waals surface area contributed by atoms with Crippen LogP contribution in [-0.2, 0) is 6.54 Å².